The van der Waals surface area contributed by atoms with Gasteiger partial charge in [-0.2, -0.15) is 0 Å². The first-order valence-electron chi connectivity index (χ1n) is 17.3. The van der Waals surface area contributed by atoms with Gasteiger partial charge in [-0.3, -0.25) is 9.59 Å². The second-order valence-corrected chi connectivity index (χ2v) is 17.1. The molecule has 4 saturated carbocycles. The van der Waals surface area contributed by atoms with Crippen molar-refractivity contribution in [2.45, 2.75) is 118 Å². The van der Waals surface area contributed by atoms with E-state index in [0.717, 1.165) is 56.2 Å². The third-order valence-electron chi connectivity index (χ3n) is 15.1. The van der Waals surface area contributed by atoms with Gasteiger partial charge in [0.2, 0.25) is 5.91 Å². The van der Waals surface area contributed by atoms with Crippen molar-refractivity contribution in [1.82, 2.24) is 4.90 Å². The van der Waals surface area contributed by atoms with Crippen LogP contribution in [-0.2, 0) is 27.2 Å². The number of piperidine rings is 1. The average molecular weight is 602 g/mol. The molecule has 1 saturated heterocycles. The minimum atomic E-state index is -0.854. The average Bonchev–Trinajstić information content (AvgIpc) is 3.33. The Kier molecular flexibility index (Phi) is 7.57. The van der Waals surface area contributed by atoms with Crippen LogP contribution in [0.15, 0.2) is 36.4 Å². The van der Waals surface area contributed by atoms with Crippen LogP contribution in [0.2, 0.25) is 0 Å². The van der Waals surface area contributed by atoms with E-state index >= 15 is 0 Å². The predicted octanol–water partition coefficient (Wildman–Crippen LogP) is 7.90. The summed E-state index contributed by atoms with van der Waals surface area (Å²) < 4.78 is 0. The Morgan fingerprint density at radius 3 is 2.27 bits per heavy atom. The predicted molar refractivity (Wildman–Crippen MR) is 174 cm³/mol. The van der Waals surface area contributed by atoms with Crippen molar-refractivity contribution in [3.05, 3.63) is 47.5 Å². The fourth-order valence-electron chi connectivity index (χ4n) is 12.8. The van der Waals surface area contributed by atoms with E-state index in [1.54, 1.807) is 0 Å². The van der Waals surface area contributed by atoms with Gasteiger partial charge in [-0.1, -0.05) is 57.2 Å². The Hall–Kier alpha value is -2.43. The highest BCUT2D eigenvalue weighted by molar-refractivity contribution is 5.80. The van der Waals surface area contributed by atoms with E-state index in [1.807, 2.05) is 24.3 Å². The molecule has 6 rings (SSSR count). The zero-order valence-electron chi connectivity index (χ0n) is 28.1. The first-order valence-corrected chi connectivity index (χ1v) is 17.3. The number of amides is 1. The number of hydrogen-bond acceptors (Lipinski definition) is 3. The number of hydrogen-bond donors (Lipinski definition) is 1. The zero-order valence-corrected chi connectivity index (χ0v) is 28.1. The molecule has 4 aliphatic carbocycles. The summed E-state index contributed by atoms with van der Waals surface area (Å²) in [5.41, 5.74) is 3.08. The first kappa shape index (κ1) is 31.5. The molecule has 1 heterocycles. The molecule has 5 heteroatoms. The van der Waals surface area contributed by atoms with Gasteiger partial charge in [0.1, 0.15) is 6.29 Å². The molecule has 5 fully saturated rings. The summed E-state index contributed by atoms with van der Waals surface area (Å²) in [4.78, 5) is 40.1. The van der Waals surface area contributed by atoms with Gasteiger partial charge in [-0.05, 0) is 136 Å². The molecule has 5 nitrogen and oxygen atoms in total. The molecular formula is C39H55NO4. The van der Waals surface area contributed by atoms with Crippen molar-refractivity contribution in [2.24, 2.45) is 51.2 Å². The molecule has 240 valence electrons. The SMILES string of the molecule is C=C(C)[C@@H]1CC[C@]2(C=O)CC[C@]3(C)[C@H](CC[C@@H]4[C@@]5(C)CCN(C(=O)Cc6cccc(CC(=O)O)c6)C(C)(C)[C@@H]5CC[C@]43C)[C@@H]12. The molecule has 1 amide bonds. The Balaban J connectivity index is 1.26. The Labute approximate surface area is 265 Å². The summed E-state index contributed by atoms with van der Waals surface area (Å²) in [7, 11) is 0. The minimum Gasteiger partial charge on any atom is -0.481 e. The molecule has 1 aromatic rings. The number of carboxylic acids is 1. The fraction of sp³-hybridized carbons (Fsp3) is 0.718. The number of aliphatic carboxylic acids is 1. The van der Waals surface area contributed by atoms with Crippen molar-refractivity contribution >= 4 is 18.2 Å². The van der Waals surface area contributed by atoms with Crippen molar-refractivity contribution in [2.75, 3.05) is 6.54 Å². The molecule has 9 atom stereocenters. The number of carbonyl (C=O) groups excluding carboxylic acids is 2. The van der Waals surface area contributed by atoms with Crippen LogP contribution >= 0.6 is 0 Å². The van der Waals surface area contributed by atoms with E-state index in [1.165, 1.54) is 31.1 Å². The van der Waals surface area contributed by atoms with E-state index in [-0.39, 0.29) is 39.5 Å². The third-order valence-corrected chi connectivity index (χ3v) is 15.1. The standard InChI is InChI=1S/C39H55NO4/c1-25(2)28-13-16-39(24-41)18-17-37(6)29(34(28)39)11-12-31-36(5)19-20-40(35(3,4)30(36)14-15-38(31,37)7)32(42)22-26-9-8-10-27(21-26)23-33(43)44/h8-10,21,24,28-31,34H,1,11-20,22-23H2,2-7H3,(H,43,44)/t28-,29+,30-,31+,34+,36-,37+,38+,39+/m0/s1. The Morgan fingerprint density at radius 2 is 1.61 bits per heavy atom. The summed E-state index contributed by atoms with van der Waals surface area (Å²) in [6.07, 6.45) is 11.8. The molecule has 0 aromatic heterocycles. The van der Waals surface area contributed by atoms with Gasteiger partial charge in [0.25, 0.3) is 0 Å². The maximum atomic E-state index is 13.9. The number of carboxylic acid groups (broad SMARTS) is 1. The van der Waals surface area contributed by atoms with Crippen LogP contribution in [-0.4, -0.2) is 40.3 Å². The van der Waals surface area contributed by atoms with Gasteiger partial charge in [-0.15, -0.1) is 0 Å². The van der Waals surface area contributed by atoms with E-state index < -0.39 is 5.97 Å². The van der Waals surface area contributed by atoms with Crippen molar-refractivity contribution in [3.63, 3.8) is 0 Å². The van der Waals surface area contributed by atoms with Crippen molar-refractivity contribution in [1.29, 1.82) is 0 Å². The third kappa shape index (κ3) is 4.41. The van der Waals surface area contributed by atoms with Gasteiger partial charge in [0, 0.05) is 17.5 Å². The lowest BCUT2D eigenvalue weighted by Crippen LogP contribution is -2.70. The van der Waals surface area contributed by atoms with Crippen molar-refractivity contribution in [3.8, 4) is 0 Å². The second kappa shape index (κ2) is 10.6. The highest BCUT2D eigenvalue weighted by Crippen LogP contribution is 2.76. The minimum absolute atomic E-state index is 0.0255. The number of rotatable bonds is 6. The summed E-state index contributed by atoms with van der Waals surface area (Å²) in [6.45, 7) is 19.8. The van der Waals surface area contributed by atoms with Crippen molar-refractivity contribution < 1.29 is 19.5 Å². The molecule has 0 unspecified atom stereocenters. The summed E-state index contributed by atoms with van der Waals surface area (Å²) in [5, 5.41) is 9.23. The molecule has 1 N–H and O–H groups in total. The molecule has 0 radical (unpaired) electrons. The highest BCUT2D eigenvalue weighted by Gasteiger charge is 2.71. The number of benzene rings is 1. The van der Waals surface area contributed by atoms with Crippen LogP contribution < -0.4 is 0 Å². The van der Waals surface area contributed by atoms with E-state index in [2.05, 4.69) is 53.0 Å². The number of aldehydes is 1. The number of nitrogens with zero attached hydrogens (tertiary/aromatic N) is 1. The number of carbonyl (C=O) groups is 3. The summed E-state index contributed by atoms with van der Waals surface area (Å²) in [6, 6.07) is 7.52. The molecular weight excluding hydrogens is 546 g/mol. The fourth-order valence-corrected chi connectivity index (χ4v) is 12.8. The van der Waals surface area contributed by atoms with Gasteiger partial charge < -0.3 is 14.8 Å². The quantitative estimate of drug-likeness (QED) is 0.266. The van der Waals surface area contributed by atoms with Crippen LogP contribution in [0.1, 0.15) is 110 Å². The van der Waals surface area contributed by atoms with Gasteiger partial charge in [0.05, 0.1) is 12.8 Å². The molecule has 5 aliphatic rings. The second-order valence-electron chi connectivity index (χ2n) is 17.1. The molecule has 0 spiro atoms. The zero-order chi connectivity index (χ0) is 31.9. The smallest absolute Gasteiger partial charge is 0.307 e. The normalized spacial score (nSPS) is 42.3. The highest BCUT2D eigenvalue weighted by atomic mass is 16.4. The van der Waals surface area contributed by atoms with E-state index in [4.69, 9.17) is 0 Å². The van der Waals surface area contributed by atoms with Gasteiger partial charge >= 0.3 is 5.97 Å². The first-order chi connectivity index (χ1) is 20.6. The number of likely N-dealkylation sites (tertiary alicyclic amines) is 1. The monoisotopic (exact) mass is 601 g/mol. The number of allylic oxidation sites excluding steroid dienone is 1. The topological polar surface area (TPSA) is 74.7 Å². The molecule has 1 aliphatic heterocycles. The van der Waals surface area contributed by atoms with Crippen LogP contribution in [0.25, 0.3) is 0 Å². The maximum absolute atomic E-state index is 13.9. The van der Waals surface area contributed by atoms with Gasteiger partial charge in [-0.25, -0.2) is 0 Å². The maximum Gasteiger partial charge on any atom is 0.307 e. The Morgan fingerprint density at radius 1 is 0.909 bits per heavy atom. The molecule has 1 aromatic carbocycles. The lowest BCUT2D eigenvalue weighted by molar-refractivity contribution is -0.239. The Bertz CT molecular complexity index is 1370. The van der Waals surface area contributed by atoms with Crippen LogP contribution in [0.4, 0.5) is 0 Å². The lowest BCUT2D eigenvalue weighted by Gasteiger charge is -2.73. The number of fused-ring (bicyclic) bond motifs is 7. The largest absolute Gasteiger partial charge is 0.481 e. The van der Waals surface area contributed by atoms with E-state index in [9.17, 15) is 19.5 Å². The summed E-state index contributed by atoms with van der Waals surface area (Å²) in [5.74, 6) is 1.80. The van der Waals surface area contributed by atoms with Crippen LogP contribution in [0, 0.1) is 51.2 Å². The lowest BCUT2D eigenvalue weighted by atomic mass is 9.33. The molecule has 0 bridgehead atoms. The van der Waals surface area contributed by atoms with Gasteiger partial charge in [0.15, 0.2) is 0 Å². The van der Waals surface area contributed by atoms with Crippen LogP contribution in [0.5, 0.6) is 0 Å². The van der Waals surface area contributed by atoms with E-state index in [0.29, 0.717) is 36.0 Å². The molecule has 44 heavy (non-hydrogen) atoms. The summed E-state index contributed by atoms with van der Waals surface area (Å²) >= 11 is 0. The van der Waals surface area contributed by atoms with Crippen LogP contribution in [0.3, 0.4) is 0 Å².